The van der Waals surface area contributed by atoms with Crippen LogP contribution in [-0.4, -0.2) is 52.3 Å². The average molecular weight is 632 g/mol. The third-order valence-electron chi connectivity index (χ3n) is 7.92. The number of carboxylic acids is 1. The first-order valence-electron chi connectivity index (χ1n) is 14.6. The molecule has 1 amide bonds. The number of carboxylic acid groups (broad SMARTS) is 1. The van der Waals surface area contributed by atoms with Crippen molar-refractivity contribution >= 4 is 23.5 Å². The lowest BCUT2D eigenvalue weighted by Gasteiger charge is -2.34. The van der Waals surface area contributed by atoms with E-state index in [1.807, 2.05) is 50.8 Å². The van der Waals surface area contributed by atoms with Gasteiger partial charge in [-0.25, -0.2) is 13.2 Å². The number of pyridine rings is 1. The molecule has 1 aromatic heterocycles. The molecule has 3 aromatic rings. The van der Waals surface area contributed by atoms with Gasteiger partial charge in [-0.3, -0.25) is 19.3 Å². The van der Waals surface area contributed by atoms with Crippen molar-refractivity contribution in [2.24, 2.45) is 5.92 Å². The predicted octanol–water partition coefficient (Wildman–Crippen LogP) is 6.18. The van der Waals surface area contributed by atoms with E-state index in [4.69, 9.17) is 11.6 Å². The predicted molar refractivity (Wildman–Crippen MR) is 164 cm³/mol. The molecule has 2 heterocycles. The summed E-state index contributed by atoms with van der Waals surface area (Å²) in [5.74, 6) is -4.10. The highest BCUT2D eigenvalue weighted by molar-refractivity contribution is 6.31. The number of rotatable bonds is 12. The van der Waals surface area contributed by atoms with Gasteiger partial charge in [-0.05, 0) is 78.6 Å². The number of aliphatic carboxylic acids is 1. The number of carbonyl (C=O) groups excluding carboxylic acids is 1. The summed E-state index contributed by atoms with van der Waals surface area (Å²) in [6.07, 6.45) is 0.306. The Morgan fingerprint density at radius 1 is 1.11 bits per heavy atom. The van der Waals surface area contributed by atoms with Gasteiger partial charge in [-0.1, -0.05) is 43.6 Å². The van der Waals surface area contributed by atoms with Crippen molar-refractivity contribution in [2.75, 3.05) is 19.6 Å². The SMILES string of the molecule is Cc1cccc(C)c1-c1cc(Cl)c(F)c([C@H](CC(=O)O)NC(=O)C(CC(C)C)n2cc(CCN3CC(F)C3)cc(F)c2=O)c1. The van der Waals surface area contributed by atoms with Crippen LogP contribution in [0.25, 0.3) is 11.1 Å². The summed E-state index contributed by atoms with van der Waals surface area (Å²) in [5, 5.41) is 12.1. The summed E-state index contributed by atoms with van der Waals surface area (Å²) in [6, 6.07) is 7.14. The molecule has 2 atom stereocenters. The third-order valence-corrected chi connectivity index (χ3v) is 8.19. The molecule has 1 aliphatic heterocycles. The lowest BCUT2D eigenvalue weighted by atomic mass is 9.92. The lowest BCUT2D eigenvalue weighted by molar-refractivity contribution is -0.138. The van der Waals surface area contributed by atoms with Crippen LogP contribution in [0.1, 0.15) is 61.0 Å². The number of halogens is 4. The number of hydrogen-bond acceptors (Lipinski definition) is 4. The molecule has 1 aliphatic rings. The summed E-state index contributed by atoms with van der Waals surface area (Å²) < 4.78 is 44.7. The number of amides is 1. The van der Waals surface area contributed by atoms with Gasteiger partial charge in [-0.2, -0.15) is 0 Å². The Morgan fingerprint density at radius 2 is 1.77 bits per heavy atom. The minimum Gasteiger partial charge on any atom is -0.481 e. The van der Waals surface area contributed by atoms with Gasteiger partial charge >= 0.3 is 5.97 Å². The lowest BCUT2D eigenvalue weighted by Crippen LogP contribution is -2.49. The molecule has 1 saturated heterocycles. The molecule has 2 aromatic carbocycles. The van der Waals surface area contributed by atoms with Crippen molar-refractivity contribution in [3.05, 3.63) is 91.9 Å². The smallest absolute Gasteiger partial charge is 0.305 e. The third kappa shape index (κ3) is 7.71. The largest absolute Gasteiger partial charge is 0.481 e. The molecule has 0 spiro atoms. The zero-order valence-electron chi connectivity index (χ0n) is 25.2. The van der Waals surface area contributed by atoms with Crippen molar-refractivity contribution in [3.63, 3.8) is 0 Å². The Balaban J connectivity index is 1.71. The Kier molecular flexibility index (Phi) is 10.6. The molecule has 11 heteroatoms. The van der Waals surface area contributed by atoms with Crippen LogP contribution in [0.2, 0.25) is 5.02 Å². The van der Waals surface area contributed by atoms with E-state index in [9.17, 15) is 28.3 Å². The molecule has 1 fully saturated rings. The second-order valence-corrected chi connectivity index (χ2v) is 12.4. The maximum Gasteiger partial charge on any atom is 0.305 e. The topological polar surface area (TPSA) is 91.6 Å². The number of nitrogens with zero attached hydrogens (tertiary/aromatic N) is 2. The van der Waals surface area contributed by atoms with Gasteiger partial charge < -0.3 is 15.0 Å². The molecular weight excluding hydrogens is 595 g/mol. The van der Waals surface area contributed by atoms with Crippen LogP contribution in [0.4, 0.5) is 13.2 Å². The van der Waals surface area contributed by atoms with E-state index < -0.39 is 53.7 Å². The number of nitrogens with one attached hydrogen (secondary N) is 1. The van der Waals surface area contributed by atoms with E-state index in [2.05, 4.69) is 5.32 Å². The fourth-order valence-electron chi connectivity index (χ4n) is 5.72. The van der Waals surface area contributed by atoms with Crippen LogP contribution in [0.5, 0.6) is 0 Å². The molecule has 44 heavy (non-hydrogen) atoms. The van der Waals surface area contributed by atoms with Crippen LogP contribution >= 0.6 is 11.6 Å². The molecule has 236 valence electrons. The summed E-state index contributed by atoms with van der Waals surface area (Å²) in [7, 11) is 0. The number of carbonyl (C=O) groups is 2. The van der Waals surface area contributed by atoms with Crippen molar-refractivity contribution in [3.8, 4) is 11.1 Å². The minimum atomic E-state index is -1.35. The fraction of sp³-hybridized carbons (Fsp3) is 0.424. The molecule has 0 saturated carbocycles. The molecule has 0 radical (unpaired) electrons. The Labute approximate surface area is 259 Å². The number of alkyl halides is 1. The Bertz CT molecular complexity index is 1580. The Morgan fingerprint density at radius 3 is 2.36 bits per heavy atom. The van der Waals surface area contributed by atoms with Gasteiger partial charge in [0.2, 0.25) is 5.91 Å². The highest BCUT2D eigenvalue weighted by Gasteiger charge is 2.30. The van der Waals surface area contributed by atoms with E-state index in [0.717, 1.165) is 27.3 Å². The summed E-state index contributed by atoms with van der Waals surface area (Å²) >= 11 is 6.30. The molecule has 1 unspecified atom stereocenters. The first kappa shape index (κ1) is 33.3. The number of aryl methyl sites for hydroxylation is 2. The number of aromatic nitrogens is 1. The van der Waals surface area contributed by atoms with Gasteiger partial charge in [0, 0.05) is 31.4 Å². The maximum atomic E-state index is 15.6. The average Bonchev–Trinajstić information content (AvgIpc) is 2.92. The van der Waals surface area contributed by atoms with Crippen LogP contribution in [0.15, 0.2) is 47.4 Å². The molecule has 4 rings (SSSR count). The van der Waals surface area contributed by atoms with Crippen molar-refractivity contribution in [2.45, 2.75) is 65.2 Å². The van der Waals surface area contributed by atoms with E-state index in [0.29, 0.717) is 24.1 Å². The normalized spacial score (nSPS) is 15.2. The molecular formula is C33H37ClF3N3O4. The fourth-order valence-corrected chi connectivity index (χ4v) is 5.95. The minimum absolute atomic E-state index is 0.121. The summed E-state index contributed by atoms with van der Waals surface area (Å²) in [4.78, 5) is 40.6. The van der Waals surface area contributed by atoms with Crippen LogP contribution in [0, 0.1) is 31.4 Å². The maximum absolute atomic E-state index is 15.6. The van der Waals surface area contributed by atoms with Crippen LogP contribution in [0.3, 0.4) is 0 Å². The van der Waals surface area contributed by atoms with Crippen LogP contribution < -0.4 is 10.9 Å². The van der Waals surface area contributed by atoms with Gasteiger partial charge in [0.15, 0.2) is 5.82 Å². The Hall–Kier alpha value is -3.63. The molecule has 0 bridgehead atoms. The molecule has 0 aliphatic carbocycles. The standard InChI is InChI=1S/C33H37ClF3N3O4/c1-18(2)10-28(40-15-21(11-26(36)33(40)44)8-9-39-16-23(35)17-39)32(43)38-27(14-29(41)42)24-12-22(13-25(34)31(24)37)30-19(3)6-5-7-20(30)4/h5-7,11-13,15,18,23,27-28H,8-10,14,16-17H2,1-4H3,(H,38,43)(H,41,42)/t27-,28?/m0/s1. The van der Waals surface area contributed by atoms with E-state index in [1.54, 1.807) is 0 Å². The monoisotopic (exact) mass is 631 g/mol. The zero-order chi connectivity index (χ0) is 32.3. The summed E-state index contributed by atoms with van der Waals surface area (Å²) in [5.41, 5.74) is 2.46. The number of likely N-dealkylation sites (tertiary alicyclic amines) is 1. The van der Waals surface area contributed by atoms with Gasteiger partial charge in [0.1, 0.15) is 18.0 Å². The van der Waals surface area contributed by atoms with E-state index in [-0.39, 0.29) is 36.0 Å². The van der Waals surface area contributed by atoms with Crippen LogP contribution in [-0.2, 0) is 16.0 Å². The van der Waals surface area contributed by atoms with Gasteiger partial charge in [0.25, 0.3) is 5.56 Å². The quantitative estimate of drug-likeness (QED) is 0.249. The number of hydrogen-bond donors (Lipinski definition) is 2. The first-order valence-corrected chi connectivity index (χ1v) is 15.0. The first-order chi connectivity index (χ1) is 20.7. The van der Waals surface area contributed by atoms with Gasteiger partial charge in [-0.15, -0.1) is 0 Å². The van der Waals surface area contributed by atoms with Gasteiger partial charge in [0.05, 0.1) is 17.5 Å². The van der Waals surface area contributed by atoms with Crippen molar-refractivity contribution in [1.82, 2.24) is 14.8 Å². The molecule has 7 nitrogen and oxygen atoms in total. The number of benzene rings is 2. The molecule has 2 N–H and O–H groups in total. The van der Waals surface area contributed by atoms with E-state index in [1.165, 1.54) is 18.3 Å². The van der Waals surface area contributed by atoms with Crippen molar-refractivity contribution < 1.29 is 27.9 Å². The zero-order valence-corrected chi connectivity index (χ0v) is 25.9. The highest BCUT2D eigenvalue weighted by atomic mass is 35.5. The second kappa shape index (κ2) is 14.0. The summed E-state index contributed by atoms with van der Waals surface area (Å²) in [6.45, 7) is 8.46. The second-order valence-electron chi connectivity index (χ2n) is 11.9. The van der Waals surface area contributed by atoms with E-state index >= 15 is 4.39 Å². The van der Waals surface area contributed by atoms with Crippen molar-refractivity contribution in [1.29, 1.82) is 0 Å². The highest BCUT2D eigenvalue weighted by Crippen LogP contribution is 2.35.